The third kappa shape index (κ3) is 4.35. The Bertz CT molecular complexity index is 974. The monoisotopic (exact) mass is 405 g/mol. The molecule has 1 aliphatic rings. The first-order chi connectivity index (χ1) is 14.1. The maximum atomic E-state index is 11.9. The molecule has 150 valence electrons. The summed E-state index contributed by atoms with van der Waals surface area (Å²) >= 11 is 1.72. The minimum atomic E-state index is -1.00. The van der Waals surface area contributed by atoms with Crippen LogP contribution in [0.25, 0.3) is 0 Å². The zero-order valence-electron chi connectivity index (χ0n) is 17.0. The molecule has 1 aliphatic heterocycles. The maximum Gasteiger partial charge on any atom is 0.120 e. The number of ether oxygens (including phenoxy) is 1. The van der Waals surface area contributed by atoms with E-state index < -0.39 is 5.60 Å². The summed E-state index contributed by atoms with van der Waals surface area (Å²) in [4.78, 5) is 4.39. The van der Waals surface area contributed by atoms with Gasteiger partial charge >= 0.3 is 0 Å². The first kappa shape index (κ1) is 20.0. The van der Waals surface area contributed by atoms with Crippen molar-refractivity contribution < 1.29 is 9.84 Å². The van der Waals surface area contributed by atoms with Crippen molar-refractivity contribution in [3.63, 3.8) is 0 Å². The van der Waals surface area contributed by atoms with E-state index in [-0.39, 0.29) is 0 Å². The number of nitrogens with zero attached hydrogens (tertiary/aromatic N) is 1. The van der Waals surface area contributed by atoms with Crippen LogP contribution in [0.5, 0.6) is 5.75 Å². The van der Waals surface area contributed by atoms with Crippen molar-refractivity contribution in [2.24, 2.45) is 0 Å². The average Bonchev–Trinajstić information content (AvgIpc) is 2.73. The molecule has 0 fully saturated rings. The Morgan fingerprint density at radius 2 is 1.62 bits per heavy atom. The Morgan fingerprint density at radius 1 is 0.897 bits per heavy atom. The molecular formula is C25H27NO2S. The summed E-state index contributed by atoms with van der Waals surface area (Å²) in [6, 6.07) is 24.5. The maximum absolute atomic E-state index is 11.9. The lowest BCUT2D eigenvalue weighted by Crippen LogP contribution is -2.32. The summed E-state index contributed by atoms with van der Waals surface area (Å²) in [6.45, 7) is 1.46. The highest BCUT2D eigenvalue weighted by Gasteiger charge is 2.39. The largest absolute Gasteiger partial charge is 0.489 e. The quantitative estimate of drug-likeness (QED) is 0.578. The van der Waals surface area contributed by atoms with E-state index in [1.807, 2.05) is 42.5 Å². The Kier molecular flexibility index (Phi) is 5.95. The van der Waals surface area contributed by atoms with E-state index in [1.165, 1.54) is 0 Å². The zero-order chi connectivity index (χ0) is 20.3. The molecule has 0 amide bonds. The van der Waals surface area contributed by atoms with Crippen LogP contribution in [-0.4, -0.2) is 30.6 Å². The fourth-order valence-electron chi connectivity index (χ4n) is 3.83. The van der Waals surface area contributed by atoms with E-state index in [9.17, 15) is 5.11 Å². The third-order valence-electron chi connectivity index (χ3n) is 5.34. The molecule has 3 nitrogen and oxygen atoms in total. The second kappa shape index (κ2) is 8.62. The van der Waals surface area contributed by atoms with Crippen LogP contribution in [0.2, 0.25) is 0 Å². The lowest BCUT2D eigenvalue weighted by Gasteiger charge is -2.36. The van der Waals surface area contributed by atoms with E-state index in [1.54, 1.807) is 11.8 Å². The summed E-state index contributed by atoms with van der Waals surface area (Å²) in [5.41, 5.74) is 2.08. The predicted molar refractivity (Wildman–Crippen MR) is 119 cm³/mol. The van der Waals surface area contributed by atoms with Gasteiger partial charge in [0.25, 0.3) is 0 Å². The van der Waals surface area contributed by atoms with Crippen molar-refractivity contribution in [1.29, 1.82) is 0 Å². The van der Waals surface area contributed by atoms with Gasteiger partial charge in [-0.1, -0.05) is 60.3 Å². The molecule has 0 bridgehead atoms. The zero-order valence-corrected chi connectivity index (χ0v) is 17.8. The number of benzene rings is 3. The molecule has 4 heteroatoms. The lowest BCUT2D eigenvalue weighted by molar-refractivity contribution is 0.0596. The highest BCUT2D eigenvalue weighted by atomic mass is 32.2. The molecule has 0 saturated heterocycles. The van der Waals surface area contributed by atoms with Gasteiger partial charge in [-0.2, -0.15) is 0 Å². The van der Waals surface area contributed by atoms with Crippen LogP contribution in [0, 0.1) is 0 Å². The van der Waals surface area contributed by atoms with Gasteiger partial charge < -0.3 is 14.7 Å². The first-order valence-corrected chi connectivity index (χ1v) is 10.8. The van der Waals surface area contributed by atoms with Gasteiger partial charge in [-0.3, -0.25) is 0 Å². The molecule has 4 rings (SSSR count). The van der Waals surface area contributed by atoms with Crippen LogP contribution >= 0.6 is 11.8 Å². The molecule has 1 atom stereocenters. The molecule has 29 heavy (non-hydrogen) atoms. The van der Waals surface area contributed by atoms with Gasteiger partial charge in [0.05, 0.1) is 0 Å². The Balaban J connectivity index is 1.64. The van der Waals surface area contributed by atoms with Crippen molar-refractivity contribution in [2.75, 3.05) is 20.6 Å². The molecule has 1 N–H and O–H groups in total. The summed E-state index contributed by atoms with van der Waals surface area (Å²) in [5, 5.41) is 11.9. The summed E-state index contributed by atoms with van der Waals surface area (Å²) in [7, 11) is 4.14. The molecule has 1 unspecified atom stereocenters. The number of hydrogen-bond donors (Lipinski definition) is 1. The molecule has 3 aromatic carbocycles. The van der Waals surface area contributed by atoms with Crippen LogP contribution in [0.1, 0.15) is 29.5 Å². The summed E-state index contributed by atoms with van der Waals surface area (Å²) < 4.78 is 6.05. The van der Waals surface area contributed by atoms with Crippen molar-refractivity contribution >= 4 is 11.8 Å². The molecular weight excluding hydrogens is 378 g/mol. The molecule has 0 aliphatic carbocycles. The van der Waals surface area contributed by atoms with Crippen LogP contribution in [0.4, 0.5) is 0 Å². The van der Waals surface area contributed by atoms with Crippen LogP contribution in [-0.2, 0) is 12.2 Å². The van der Waals surface area contributed by atoms with E-state index in [4.69, 9.17) is 4.74 Å². The van der Waals surface area contributed by atoms with E-state index in [2.05, 4.69) is 49.3 Å². The topological polar surface area (TPSA) is 32.7 Å². The summed E-state index contributed by atoms with van der Waals surface area (Å²) in [5.74, 6) is 0.790. The van der Waals surface area contributed by atoms with E-state index in [0.717, 1.165) is 45.2 Å². The smallest absolute Gasteiger partial charge is 0.120 e. The molecule has 0 radical (unpaired) electrons. The van der Waals surface area contributed by atoms with Gasteiger partial charge in [-0.15, -0.1) is 0 Å². The Morgan fingerprint density at radius 3 is 2.41 bits per heavy atom. The number of hydrogen-bond acceptors (Lipinski definition) is 4. The number of rotatable bonds is 7. The fourth-order valence-corrected chi connectivity index (χ4v) is 5.04. The minimum absolute atomic E-state index is 0.516. The van der Waals surface area contributed by atoms with Crippen molar-refractivity contribution in [2.45, 2.75) is 34.8 Å². The first-order valence-electron chi connectivity index (χ1n) is 10.0. The van der Waals surface area contributed by atoms with Crippen molar-refractivity contribution in [1.82, 2.24) is 4.90 Å². The molecule has 0 aromatic heterocycles. The van der Waals surface area contributed by atoms with Crippen LogP contribution in [0.15, 0.2) is 82.6 Å². The second-order valence-electron chi connectivity index (χ2n) is 7.80. The lowest BCUT2D eigenvalue weighted by atomic mass is 9.82. The Labute approximate surface area is 177 Å². The van der Waals surface area contributed by atoms with Gasteiger partial charge in [0, 0.05) is 20.9 Å². The molecule has 3 aromatic rings. The number of fused-ring (bicyclic) bond motifs is 2. The van der Waals surface area contributed by atoms with Crippen LogP contribution in [0.3, 0.4) is 0 Å². The van der Waals surface area contributed by atoms with Gasteiger partial charge in [0.1, 0.15) is 18.0 Å². The van der Waals surface area contributed by atoms with Crippen LogP contribution < -0.4 is 4.74 Å². The summed E-state index contributed by atoms with van der Waals surface area (Å²) in [6.07, 6.45) is 1.59. The normalized spacial score (nSPS) is 17.7. The van der Waals surface area contributed by atoms with E-state index in [0.29, 0.717) is 13.0 Å². The Hall–Kier alpha value is -2.27. The molecule has 0 spiro atoms. The third-order valence-corrected chi connectivity index (χ3v) is 6.49. The fraction of sp³-hybridized carbons (Fsp3) is 0.280. The number of aliphatic hydroxyl groups is 1. The second-order valence-corrected chi connectivity index (χ2v) is 8.88. The molecule has 0 saturated carbocycles. The molecule has 1 heterocycles. The predicted octanol–water partition coefficient (Wildman–Crippen LogP) is 5.31. The highest BCUT2D eigenvalue weighted by Crippen LogP contribution is 2.50. The van der Waals surface area contributed by atoms with Gasteiger partial charge in [-0.25, -0.2) is 0 Å². The van der Waals surface area contributed by atoms with Crippen molar-refractivity contribution in [3.8, 4) is 5.75 Å². The SMILES string of the molecule is CN(C)CCCC1(O)c2ccccc2Sc2ccc(OCc3ccccc3)cc21. The van der Waals surface area contributed by atoms with Gasteiger partial charge in [0.2, 0.25) is 0 Å². The minimum Gasteiger partial charge on any atom is -0.489 e. The van der Waals surface area contributed by atoms with Gasteiger partial charge in [0.15, 0.2) is 0 Å². The van der Waals surface area contributed by atoms with Crippen molar-refractivity contribution in [3.05, 3.63) is 89.5 Å². The standard InChI is InChI=1S/C25H27NO2S/c1-26(2)16-8-15-25(27)21-11-6-7-12-23(21)29-24-14-13-20(17-22(24)25)28-18-19-9-4-3-5-10-19/h3-7,9-14,17,27H,8,15-16,18H2,1-2H3. The highest BCUT2D eigenvalue weighted by molar-refractivity contribution is 7.99. The van der Waals surface area contributed by atoms with Gasteiger partial charge in [-0.05, 0) is 63.3 Å². The van der Waals surface area contributed by atoms with E-state index >= 15 is 0 Å². The average molecular weight is 406 g/mol.